The molecule has 0 heterocycles. The molecule has 20 heavy (non-hydrogen) atoms. The first-order valence-electron chi connectivity index (χ1n) is 8.14. The molecule has 0 aromatic heterocycles. The van der Waals surface area contributed by atoms with Gasteiger partial charge in [0, 0.05) is 12.8 Å². The Balaban J connectivity index is 2.77. The van der Waals surface area contributed by atoms with Crippen molar-refractivity contribution in [2.45, 2.75) is 78.1 Å². The Hall–Kier alpha value is -0.920. The van der Waals surface area contributed by atoms with Gasteiger partial charge in [-0.15, -0.1) is 0 Å². The number of allylic oxidation sites excluding steroid dienone is 2. The number of hydrogen-bond donors (Lipinski definition) is 0. The SMILES string of the molecule is [CH2]C=C1C(=O)CC(CCCCC)(CCCCC)CC1=O. The van der Waals surface area contributed by atoms with Gasteiger partial charge in [-0.1, -0.05) is 58.4 Å². The number of carbonyl (C=O) groups is 2. The molecule has 0 aliphatic heterocycles. The maximum atomic E-state index is 12.2. The molecule has 1 saturated carbocycles. The molecule has 1 aliphatic rings. The van der Waals surface area contributed by atoms with E-state index >= 15 is 0 Å². The highest BCUT2D eigenvalue weighted by Crippen LogP contribution is 2.43. The fourth-order valence-electron chi connectivity index (χ4n) is 3.30. The van der Waals surface area contributed by atoms with Gasteiger partial charge in [-0.25, -0.2) is 0 Å². The lowest BCUT2D eigenvalue weighted by Gasteiger charge is -2.37. The van der Waals surface area contributed by atoms with Gasteiger partial charge in [-0.3, -0.25) is 9.59 Å². The lowest BCUT2D eigenvalue weighted by Crippen LogP contribution is -2.36. The van der Waals surface area contributed by atoms with E-state index in [1.54, 1.807) is 0 Å². The zero-order valence-electron chi connectivity index (χ0n) is 13.2. The summed E-state index contributed by atoms with van der Waals surface area (Å²) in [6.07, 6.45) is 11.6. The van der Waals surface area contributed by atoms with E-state index in [0.29, 0.717) is 18.4 Å². The quantitative estimate of drug-likeness (QED) is 0.362. The van der Waals surface area contributed by atoms with Crippen LogP contribution in [-0.4, -0.2) is 11.6 Å². The highest BCUT2D eigenvalue weighted by atomic mass is 16.1. The summed E-state index contributed by atoms with van der Waals surface area (Å²) in [5.41, 5.74) is 0.275. The molecule has 0 bridgehead atoms. The highest BCUT2D eigenvalue weighted by Gasteiger charge is 2.40. The zero-order valence-corrected chi connectivity index (χ0v) is 13.2. The minimum atomic E-state index is -0.0645. The number of ketones is 2. The fourth-order valence-corrected chi connectivity index (χ4v) is 3.30. The van der Waals surface area contributed by atoms with E-state index in [-0.39, 0.29) is 17.0 Å². The van der Waals surface area contributed by atoms with E-state index in [1.165, 1.54) is 31.8 Å². The Bertz CT molecular complexity index is 334. The molecule has 0 aromatic rings. The van der Waals surface area contributed by atoms with Crippen molar-refractivity contribution >= 4 is 11.6 Å². The number of unbranched alkanes of at least 4 members (excludes halogenated alkanes) is 4. The number of carbonyl (C=O) groups excluding carboxylic acids is 2. The summed E-state index contributed by atoms with van der Waals surface area (Å²) >= 11 is 0. The topological polar surface area (TPSA) is 34.1 Å². The molecule has 1 aliphatic carbocycles. The summed E-state index contributed by atoms with van der Waals surface area (Å²) in [4.78, 5) is 24.4. The molecule has 0 N–H and O–H groups in total. The van der Waals surface area contributed by atoms with Crippen molar-refractivity contribution in [3.8, 4) is 0 Å². The van der Waals surface area contributed by atoms with E-state index in [1.807, 2.05) is 0 Å². The Morgan fingerprint density at radius 2 is 1.40 bits per heavy atom. The van der Waals surface area contributed by atoms with Gasteiger partial charge >= 0.3 is 0 Å². The predicted octanol–water partition coefficient (Wildman–Crippen LogP) is 4.83. The Kier molecular flexibility index (Phi) is 7.18. The normalized spacial score (nSPS) is 18.4. The number of rotatable bonds is 8. The third-order valence-corrected chi connectivity index (χ3v) is 4.50. The number of Topliss-reactive ketones (excluding diaryl/α,β-unsaturated/α-hetero) is 2. The van der Waals surface area contributed by atoms with Crippen LogP contribution in [0.25, 0.3) is 0 Å². The van der Waals surface area contributed by atoms with E-state index in [0.717, 1.165) is 25.7 Å². The molecule has 1 fully saturated rings. The van der Waals surface area contributed by atoms with Crippen molar-refractivity contribution < 1.29 is 9.59 Å². The van der Waals surface area contributed by atoms with Gasteiger partial charge in [0.1, 0.15) is 0 Å². The summed E-state index contributed by atoms with van der Waals surface area (Å²) in [5.74, 6) is 0.0356. The monoisotopic (exact) mass is 277 g/mol. The summed E-state index contributed by atoms with van der Waals surface area (Å²) in [5, 5.41) is 0. The average Bonchev–Trinajstić information content (AvgIpc) is 2.39. The highest BCUT2D eigenvalue weighted by molar-refractivity contribution is 6.22. The molecule has 1 radical (unpaired) electrons. The maximum Gasteiger partial charge on any atom is 0.166 e. The molecule has 0 unspecified atom stereocenters. The van der Waals surface area contributed by atoms with Crippen LogP contribution in [0.3, 0.4) is 0 Å². The number of hydrogen-bond acceptors (Lipinski definition) is 2. The van der Waals surface area contributed by atoms with Gasteiger partial charge in [0.05, 0.1) is 5.57 Å². The van der Waals surface area contributed by atoms with Crippen molar-refractivity contribution in [3.05, 3.63) is 18.6 Å². The Morgan fingerprint density at radius 1 is 0.950 bits per heavy atom. The van der Waals surface area contributed by atoms with Crippen molar-refractivity contribution in [3.63, 3.8) is 0 Å². The molecule has 113 valence electrons. The Morgan fingerprint density at radius 3 is 1.75 bits per heavy atom. The van der Waals surface area contributed by atoms with Crippen LogP contribution >= 0.6 is 0 Å². The van der Waals surface area contributed by atoms with Crippen LogP contribution in [0.4, 0.5) is 0 Å². The van der Waals surface area contributed by atoms with E-state index in [9.17, 15) is 9.59 Å². The molecule has 0 aromatic carbocycles. The fraction of sp³-hybridized carbons (Fsp3) is 0.722. The lowest BCUT2D eigenvalue weighted by atomic mass is 9.66. The van der Waals surface area contributed by atoms with Crippen LogP contribution in [0.1, 0.15) is 78.1 Å². The van der Waals surface area contributed by atoms with Gasteiger partial charge in [-0.2, -0.15) is 0 Å². The summed E-state index contributed by atoms with van der Waals surface area (Å²) < 4.78 is 0. The van der Waals surface area contributed by atoms with Crippen LogP contribution < -0.4 is 0 Å². The lowest BCUT2D eigenvalue weighted by molar-refractivity contribution is -0.128. The molecule has 0 atom stereocenters. The standard InChI is InChI=1S/C18H29O2/c1-4-7-9-11-18(12-10-8-5-2)13-16(19)15(6-3)17(20)14-18/h6H,3-5,7-14H2,1-2H3. The molecule has 1 rings (SSSR count). The first kappa shape index (κ1) is 17.1. The van der Waals surface area contributed by atoms with Crippen LogP contribution in [0, 0.1) is 12.3 Å². The molecule has 0 spiro atoms. The second kappa shape index (κ2) is 8.39. The molecule has 0 amide bonds. The summed E-state index contributed by atoms with van der Waals surface area (Å²) in [7, 11) is 0. The Labute approximate surface area is 124 Å². The second-order valence-corrected chi connectivity index (χ2v) is 6.23. The van der Waals surface area contributed by atoms with Crippen molar-refractivity contribution in [2.75, 3.05) is 0 Å². The van der Waals surface area contributed by atoms with E-state index in [2.05, 4.69) is 20.8 Å². The van der Waals surface area contributed by atoms with Gasteiger partial charge in [0.2, 0.25) is 0 Å². The predicted molar refractivity (Wildman–Crippen MR) is 83.4 cm³/mol. The van der Waals surface area contributed by atoms with Gasteiger partial charge < -0.3 is 0 Å². The summed E-state index contributed by atoms with van der Waals surface area (Å²) in [6, 6.07) is 0. The first-order chi connectivity index (χ1) is 9.58. The maximum absolute atomic E-state index is 12.2. The minimum absolute atomic E-state index is 0.0178. The first-order valence-corrected chi connectivity index (χ1v) is 8.14. The smallest absolute Gasteiger partial charge is 0.166 e. The van der Waals surface area contributed by atoms with E-state index < -0.39 is 0 Å². The second-order valence-electron chi connectivity index (χ2n) is 6.23. The molecular weight excluding hydrogens is 248 g/mol. The van der Waals surface area contributed by atoms with Gasteiger partial charge in [0.15, 0.2) is 11.6 Å². The van der Waals surface area contributed by atoms with E-state index in [4.69, 9.17) is 0 Å². The third kappa shape index (κ3) is 4.57. The zero-order chi connectivity index (χ0) is 15.0. The average molecular weight is 277 g/mol. The minimum Gasteiger partial charge on any atom is -0.294 e. The summed E-state index contributed by atoms with van der Waals surface area (Å²) in [6.45, 7) is 7.98. The van der Waals surface area contributed by atoms with Crippen molar-refractivity contribution in [1.29, 1.82) is 0 Å². The van der Waals surface area contributed by atoms with Crippen LogP contribution in [-0.2, 0) is 9.59 Å². The van der Waals surface area contributed by atoms with Crippen LogP contribution in [0.5, 0.6) is 0 Å². The van der Waals surface area contributed by atoms with Gasteiger partial charge in [-0.05, 0) is 25.2 Å². The van der Waals surface area contributed by atoms with Crippen LogP contribution in [0.2, 0.25) is 0 Å². The molecular formula is C18H29O2. The molecule has 0 saturated heterocycles. The van der Waals surface area contributed by atoms with Crippen LogP contribution in [0.15, 0.2) is 11.6 Å². The molecule has 2 nitrogen and oxygen atoms in total. The van der Waals surface area contributed by atoms with Crippen molar-refractivity contribution in [2.24, 2.45) is 5.41 Å². The van der Waals surface area contributed by atoms with Gasteiger partial charge in [0.25, 0.3) is 0 Å². The third-order valence-electron chi connectivity index (χ3n) is 4.50. The molecule has 2 heteroatoms. The van der Waals surface area contributed by atoms with Crippen molar-refractivity contribution in [1.82, 2.24) is 0 Å². The largest absolute Gasteiger partial charge is 0.294 e.